The second-order valence-electron chi connectivity index (χ2n) is 3.19. The summed E-state index contributed by atoms with van der Waals surface area (Å²) in [5.74, 6) is 0. The number of hydrogen-bond donors (Lipinski definition) is 0. The zero-order valence-corrected chi connectivity index (χ0v) is 14.2. The van der Waals surface area contributed by atoms with E-state index in [2.05, 4.69) is 0 Å². The topological polar surface area (TPSA) is 174 Å². The van der Waals surface area contributed by atoms with Gasteiger partial charge in [-0.15, -0.1) is 0 Å². The van der Waals surface area contributed by atoms with Crippen LogP contribution in [0.25, 0.3) is 0 Å². The summed E-state index contributed by atoms with van der Waals surface area (Å²) in [5, 5.41) is 15.8. The molecular formula is C8H12N2O6P2Zr. The van der Waals surface area contributed by atoms with E-state index in [0.717, 1.165) is 0 Å². The average Bonchev–Trinajstić information content (AvgIpc) is 2.16. The summed E-state index contributed by atoms with van der Waals surface area (Å²) in [6.07, 6.45) is -0.231. The molecule has 0 spiro atoms. The molecule has 0 rings (SSSR count). The Kier molecular flexibility index (Phi) is 16.8. The molecule has 19 heavy (non-hydrogen) atoms. The largest absolute Gasteiger partial charge is 4.00 e. The molecule has 0 aromatic heterocycles. The molecule has 0 aromatic rings. The molecule has 0 aliphatic rings. The van der Waals surface area contributed by atoms with Crippen molar-refractivity contribution in [2.75, 3.05) is 12.3 Å². The summed E-state index contributed by atoms with van der Waals surface area (Å²) in [6, 6.07) is 3.48. The Bertz CT molecular complexity index is 355. The van der Waals surface area contributed by atoms with Crippen molar-refractivity contribution in [3.8, 4) is 12.1 Å². The molecule has 0 saturated heterocycles. The van der Waals surface area contributed by atoms with Gasteiger partial charge in [-0.05, 0) is 25.2 Å². The van der Waals surface area contributed by atoms with E-state index >= 15 is 0 Å². The molecule has 11 heteroatoms. The first-order valence-electron chi connectivity index (χ1n) is 4.88. The standard InChI is InChI=1S/2C4H8NO3P.Zr/c2*5-3-1-2-4-9(6,7)8;/h2*1-2,4H2,(H2,6,7,8);/q;;+4/p-4. The van der Waals surface area contributed by atoms with Gasteiger partial charge in [-0.3, -0.25) is 0 Å². The van der Waals surface area contributed by atoms with Crippen molar-refractivity contribution in [2.24, 2.45) is 0 Å². The molecule has 8 nitrogen and oxygen atoms in total. The van der Waals surface area contributed by atoms with E-state index in [9.17, 15) is 28.7 Å². The molecule has 0 fully saturated rings. The summed E-state index contributed by atoms with van der Waals surface area (Å²) in [5.41, 5.74) is 0. The predicted molar refractivity (Wildman–Crippen MR) is 54.6 cm³/mol. The third-order valence-corrected chi connectivity index (χ3v) is 3.17. The van der Waals surface area contributed by atoms with Crippen LogP contribution >= 0.6 is 15.2 Å². The molecule has 0 unspecified atom stereocenters. The molecule has 0 heterocycles. The van der Waals surface area contributed by atoms with E-state index in [-0.39, 0.29) is 51.9 Å². The van der Waals surface area contributed by atoms with Crippen LogP contribution in [-0.4, -0.2) is 12.3 Å². The summed E-state index contributed by atoms with van der Waals surface area (Å²) < 4.78 is 19.7. The van der Waals surface area contributed by atoms with E-state index in [4.69, 9.17) is 10.5 Å². The first kappa shape index (κ1) is 24.2. The van der Waals surface area contributed by atoms with Gasteiger partial charge in [0.1, 0.15) is 0 Å². The van der Waals surface area contributed by atoms with Crippen LogP contribution in [0, 0.1) is 22.7 Å². The fourth-order valence-corrected chi connectivity index (χ4v) is 1.79. The van der Waals surface area contributed by atoms with Crippen molar-refractivity contribution < 1.29 is 54.9 Å². The molecule has 0 bridgehead atoms. The van der Waals surface area contributed by atoms with Crippen molar-refractivity contribution in [2.45, 2.75) is 25.7 Å². The van der Waals surface area contributed by atoms with Gasteiger partial charge in [-0.2, -0.15) is 10.5 Å². The third kappa shape index (κ3) is 32.1. The van der Waals surface area contributed by atoms with Crippen LogP contribution in [0.3, 0.4) is 0 Å². The number of nitrogens with zero attached hydrogens (tertiary/aromatic N) is 2. The van der Waals surface area contributed by atoms with Gasteiger partial charge < -0.3 is 28.7 Å². The van der Waals surface area contributed by atoms with Crippen LogP contribution in [0.4, 0.5) is 0 Å². The van der Waals surface area contributed by atoms with Gasteiger partial charge in [0.2, 0.25) is 0 Å². The van der Waals surface area contributed by atoms with Crippen molar-refractivity contribution >= 4 is 15.2 Å². The van der Waals surface area contributed by atoms with Gasteiger partial charge in [0.25, 0.3) is 0 Å². The Labute approximate surface area is 130 Å². The SMILES string of the molecule is N#CCCCP(=O)([O-])[O-].N#CCCCP(=O)([O-])[O-].[Zr+4]. The fraction of sp³-hybridized carbons (Fsp3) is 0.750. The monoisotopic (exact) mass is 384 g/mol. The maximum atomic E-state index is 9.87. The van der Waals surface area contributed by atoms with Crippen molar-refractivity contribution in [3.63, 3.8) is 0 Å². The minimum absolute atomic E-state index is 0. The molecule has 0 N–H and O–H groups in total. The number of rotatable bonds is 6. The van der Waals surface area contributed by atoms with E-state index in [0.29, 0.717) is 0 Å². The Morgan fingerprint density at radius 3 is 1.21 bits per heavy atom. The van der Waals surface area contributed by atoms with Crippen molar-refractivity contribution in [1.82, 2.24) is 0 Å². The van der Waals surface area contributed by atoms with Crippen LogP contribution in [0.5, 0.6) is 0 Å². The number of nitriles is 2. The van der Waals surface area contributed by atoms with Crippen LogP contribution in [-0.2, 0) is 35.3 Å². The van der Waals surface area contributed by atoms with Gasteiger partial charge in [0, 0.05) is 12.8 Å². The summed E-state index contributed by atoms with van der Waals surface area (Å²) in [6.45, 7) is 0. The van der Waals surface area contributed by atoms with Crippen molar-refractivity contribution in [3.05, 3.63) is 0 Å². The first-order chi connectivity index (χ1) is 8.12. The average molecular weight is 385 g/mol. The maximum absolute atomic E-state index is 9.87. The smallest absolute Gasteiger partial charge is 0.811 e. The van der Waals surface area contributed by atoms with Crippen LogP contribution in [0.1, 0.15) is 25.7 Å². The normalized spacial score (nSPS) is 10.2. The maximum Gasteiger partial charge on any atom is 4.00 e. The molecule has 104 valence electrons. The number of hydrogen-bond acceptors (Lipinski definition) is 8. The van der Waals surface area contributed by atoms with Crippen LogP contribution < -0.4 is 19.6 Å². The van der Waals surface area contributed by atoms with E-state index in [1.807, 2.05) is 0 Å². The molecule has 0 atom stereocenters. The molecule has 0 amide bonds. The van der Waals surface area contributed by atoms with Crippen LogP contribution in [0.15, 0.2) is 0 Å². The zero-order valence-electron chi connectivity index (χ0n) is 9.98. The van der Waals surface area contributed by atoms with Gasteiger partial charge in [-0.1, -0.05) is 15.2 Å². The van der Waals surface area contributed by atoms with Crippen LogP contribution in [0.2, 0.25) is 0 Å². The Balaban J connectivity index is -0.000000256. The number of unbranched alkanes of at least 4 members (excludes halogenated alkanes) is 2. The third-order valence-electron chi connectivity index (χ3n) is 1.44. The van der Waals surface area contributed by atoms with Gasteiger partial charge in [-0.25, -0.2) is 0 Å². The van der Waals surface area contributed by atoms with Crippen molar-refractivity contribution in [1.29, 1.82) is 10.5 Å². The van der Waals surface area contributed by atoms with E-state index < -0.39 is 27.5 Å². The molecule has 0 radical (unpaired) electrons. The minimum atomic E-state index is -4.35. The Morgan fingerprint density at radius 1 is 0.789 bits per heavy atom. The predicted octanol–water partition coefficient (Wildman–Crippen LogP) is -1.59. The molecule has 0 aliphatic heterocycles. The summed E-state index contributed by atoms with van der Waals surface area (Å²) >= 11 is 0. The molecule has 0 aromatic carbocycles. The zero-order chi connectivity index (χ0) is 14.7. The first-order valence-corrected chi connectivity index (χ1v) is 8.34. The van der Waals surface area contributed by atoms with E-state index in [1.54, 1.807) is 12.1 Å². The summed E-state index contributed by atoms with van der Waals surface area (Å²) in [7, 11) is -8.69. The minimum Gasteiger partial charge on any atom is -0.811 e. The van der Waals surface area contributed by atoms with Gasteiger partial charge in [0.15, 0.2) is 0 Å². The Morgan fingerprint density at radius 2 is 1.05 bits per heavy atom. The fourth-order valence-electron chi connectivity index (χ4n) is 0.704. The summed E-state index contributed by atoms with van der Waals surface area (Å²) in [4.78, 5) is 39.5. The second-order valence-corrected chi connectivity index (χ2v) is 6.53. The Hall–Kier alpha value is 0.163. The molecular weight excluding hydrogens is 373 g/mol. The van der Waals surface area contributed by atoms with Gasteiger partial charge in [0.05, 0.1) is 12.1 Å². The molecule has 0 saturated carbocycles. The second kappa shape index (κ2) is 13.2. The van der Waals surface area contributed by atoms with E-state index in [1.165, 1.54) is 0 Å². The molecule has 0 aliphatic carbocycles. The van der Waals surface area contributed by atoms with Gasteiger partial charge >= 0.3 is 26.2 Å². The quantitative estimate of drug-likeness (QED) is 0.388.